The molecule has 0 radical (unpaired) electrons. The summed E-state index contributed by atoms with van der Waals surface area (Å²) in [5, 5.41) is 0. The van der Waals surface area contributed by atoms with Gasteiger partial charge in [0, 0.05) is 16.1 Å². The van der Waals surface area contributed by atoms with Crippen molar-refractivity contribution in [1.29, 1.82) is 0 Å². The van der Waals surface area contributed by atoms with E-state index >= 15 is 0 Å². The molecule has 140 valence electrons. The van der Waals surface area contributed by atoms with Gasteiger partial charge in [0.1, 0.15) is 4.90 Å². The van der Waals surface area contributed by atoms with Crippen molar-refractivity contribution in [2.75, 3.05) is 14.2 Å². The maximum Gasteiger partial charge on any atom is 0.340 e. The Bertz CT molecular complexity index is 1050. The van der Waals surface area contributed by atoms with Gasteiger partial charge >= 0.3 is 10.1 Å². The van der Waals surface area contributed by atoms with E-state index in [0.717, 1.165) is 5.56 Å². The van der Waals surface area contributed by atoms with Crippen molar-refractivity contribution in [2.24, 2.45) is 0 Å². The predicted molar refractivity (Wildman–Crippen MR) is 107 cm³/mol. The van der Waals surface area contributed by atoms with Crippen molar-refractivity contribution < 1.29 is 22.1 Å². The second-order valence-electron chi connectivity index (χ2n) is 5.54. The Morgan fingerprint density at radius 3 is 2.04 bits per heavy atom. The lowest BCUT2D eigenvalue weighted by molar-refractivity contribution is 0.353. The van der Waals surface area contributed by atoms with Gasteiger partial charge in [0.2, 0.25) is 0 Å². The average molecular weight is 449 g/mol. The molecule has 0 atom stereocenters. The normalized spacial score (nSPS) is 11.1. The van der Waals surface area contributed by atoms with Gasteiger partial charge < -0.3 is 13.7 Å². The first-order chi connectivity index (χ1) is 13.0. The van der Waals surface area contributed by atoms with Crippen molar-refractivity contribution in [3.63, 3.8) is 0 Å². The minimum atomic E-state index is -4.11. The van der Waals surface area contributed by atoms with Crippen LogP contribution < -0.4 is 13.7 Å². The molecule has 0 aliphatic heterocycles. The predicted octanol–water partition coefficient (Wildman–Crippen LogP) is 4.90. The highest BCUT2D eigenvalue weighted by molar-refractivity contribution is 9.10. The second kappa shape index (κ2) is 8.02. The van der Waals surface area contributed by atoms with Crippen LogP contribution in [0.2, 0.25) is 0 Å². The molecule has 0 aliphatic rings. The molecule has 0 unspecified atom stereocenters. The third-order valence-corrected chi connectivity index (χ3v) is 6.07. The zero-order valence-electron chi connectivity index (χ0n) is 14.7. The summed E-state index contributed by atoms with van der Waals surface area (Å²) in [6, 6.07) is 19.3. The van der Waals surface area contributed by atoms with Gasteiger partial charge in [0.25, 0.3) is 0 Å². The zero-order chi connectivity index (χ0) is 19.4. The summed E-state index contributed by atoms with van der Waals surface area (Å²) in [6.07, 6.45) is 0. The third kappa shape index (κ3) is 4.09. The first-order valence-electron chi connectivity index (χ1n) is 7.96. The van der Waals surface area contributed by atoms with Crippen LogP contribution in [0.5, 0.6) is 17.2 Å². The van der Waals surface area contributed by atoms with E-state index in [0.29, 0.717) is 21.5 Å². The molecule has 3 aromatic rings. The molecule has 0 fully saturated rings. The highest BCUT2D eigenvalue weighted by atomic mass is 79.9. The van der Waals surface area contributed by atoms with Crippen molar-refractivity contribution in [3.8, 4) is 28.4 Å². The van der Waals surface area contributed by atoms with Crippen LogP contribution in [0.4, 0.5) is 0 Å². The smallest absolute Gasteiger partial charge is 0.340 e. The molecule has 0 aliphatic carbocycles. The van der Waals surface area contributed by atoms with Crippen LogP contribution in [0.25, 0.3) is 11.1 Å². The number of ether oxygens (including phenoxy) is 2. The van der Waals surface area contributed by atoms with Crippen molar-refractivity contribution in [1.82, 2.24) is 0 Å². The number of para-hydroxylation sites is 1. The lowest BCUT2D eigenvalue weighted by Gasteiger charge is -2.14. The third-order valence-electron chi connectivity index (χ3n) is 3.88. The van der Waals surface area contributed by atoms with Gasteiger partial charge in [0.05, 0.1) is 14.2 Å². The van der Waals surface area contributed by atoms with E-state index in [1.54, 1.807) is 12.1 Å². The molecule has 3 aromatic carbocycles. The van der Waals surface area contributed by atoms with Gasteiger partial charge in [-0.1, -0.05) is 48.5 Å². The number of rotatable bonds is 6. The Kier molecular flexibility index (Phi) is 5.72. The Hall–Kier alpha value is -2.51. The standard InChI is InChI=1S/C20H17BrO5S/c1-24-18-12-16(21)20(13-19(18)25-2)27(22,23)26-17-11-7-6-10-15(17)14-8-4-3-5-9-14/h3-13H,1-2H3. The number of benzene rings is 3. The van der Waals surface area contributed by atoms with Gasteiger partial charge in [-0.05, 0) is 33.6 Å². The summed E-state index contributed by atoms with van der Waals surface area (Å²) in [4.78, 5) is -0.0528. The Morgan fingerprint density at radius 1 is 0.778 bits per heavy atom. The van der Waals surface area contributed by atoms with E-state index in [9.17, 15) is 8.42 Å². The minimum Gasteiger partial charge on any atom is -0.493 e. The highest BCUT2D eigenvalue weighted by Crippen LogP contribution is 2.38. The molecule has 0 heterocycles. The SMILES string of the molecule is COc1cc(Br)c(S(=O)(=O)Oc2ccccc2-c2ccccc2)cc1OC. The molecular weight excluding hydrogens is 432 g/mol. The molecule has 0 spiro atoms. The quantitative estimate of drug-likeness (QED) is 0.501. The lowest BCUT2D eigenvalue weighted by atomic mass is 10.1. The fourth-order valence-electron chi connectivity index (χ4n) is 2.59. The number of halogens is 1. The second-order valence-corrected chi connectivity index (χ2v) is 7.91. The number of hydrogen-bond donors (Lipinski definition) is 0. The van der Waals surface area contributed by atoms with Crippen LogP contribution in [0.3, 0.4) is 0 Å². The summed E-state index contributed by atoms with van der Waals surface area (Å²) in [7, 11) is -1.20. The van der Waals surface area contributed by atoms with Crippen LogP contribution in [-0.4, -0.2) is 22.6 Å². The maximum atomic E-state index is 12.9. The lowest BCUT2D eigenvalue weighted by Crippen LogP contribution is -2.11. The largest absolute Gasteiger partial charge is 0.493 e. The first kappa shape index (κ1) is 19.3. The van der Waals surface area contributed by atoms with Crippen LogP contribution in [0, 0.1) is 0 Å². The maximum absolute atomic E-state index is 12.9. The van der Waals surface area contributed by atoms with Crippen molar-refractivity contribution in [2.45, 2.75) is 4.90 Å². The summed E-state index contributed by atoms with van der Waals surface area (Å²) < 4.78 is 42.0. The van der Waals surface area contributed by atoms with Gasteiger partial charge in [-0.15, -0.1) is 0 Å². The molecule has 5 nitrogen and oxygen atoms in total. The molecule has 0 saturated carbocycles. The molecule has 0 saturated heterocycles. The van der Waals surface area contributed by atoms with Crippen LogP contribution in [0.1, 0.15) is 0 Å². The fraction of sp³-hybridized carbons (Fsp3) is 0.100. The van der Waals surface area contributed by atoms with E-state index in [1.807, 2.05) is 42.5 Å². The van der Waals surface area contributed by atoms with Crippen molar-refractivity contribution in [3.05, 3.63) is 71.2 Å². The molecule has 0 bridgehead atoms. The van der Waals surface area contributed by atoms with E-state index in [-0.39, 0.29) is 10.6 Å². The van der Waals surface area contributed by atoms with E-state index in [4.69, 9.17) is 13.7 Å². The van der Waals surface area contributed by atoms with E-state index in [1.165, 1.54) is 26.4 Å². The number of hydrogen-bond acceptors (Lipinski definition) is 5. The fourth-order valence-corrected chi connectivity index (χ4v) is 4.52. The van der Waals surface area contributed by atoms with Crippen LogP contribution in [-0.2, 0) is 10.1 Å². The first-order valence-corrected chi connectivity index (χ1v) is 10.2. The molecule has 0 N–H and O–H groups in total. The summed E-state index contributed by atoms with van der Waals surface area (Å²) in [5.41, 5.74) is 1.54. The highest BCUT2D eigenvalue weighted by Gasteiger charge is 2.24. The van der Waals surface area contributed by atoms with Gasteiger partial charge in [-0.2, -0.15) is 8.42 Å². The monoisotopic (exact) mass is 448 g/mol. The van der Waals surface area contributed by atoms with E-state index in [2.05, 4.69) is 15.9 Å². The molecule has 3 rings (SSSR count). The molecule has 7 heteroatoms. The Morgan fingerprint density at radius 2 is 1.37 bits per heavy atom. The summed E-state index contributed by atoms with van der Waals surface area (Å²) >= 11 is 3.27. The van der Waals surface area contributed by atoms with Gasteiger partial charge in [-0.3, -0.25) is 0 Å². The van der Waals surface area contributed by atoms with Crippen LogP contribution in [0.15, 0.2) is 76.1 Å². The van der Waals surface area contributed by atoms with Gasteiger partial charge in [0.15, 0.2) is 17.2 Å². The molecule has 0 aromatic heterocycles. The van der Waals surface area contributed by atoms with Crippen LogP contribution >= 0.6 is 15.9 Å². The summed E-state index contributed by atoms with van der Waals surface area (Å²) in [5.74, 6) is 0.942. The zero-order valence-corrected chi connectivity index (χ0v) is 17.1. The minimum absolute atomic E-state index is 0.0528. The topological polar surface area (TPSA) is 61.8 Å². The van der Waals surface area contributed by atoms with Crippen molar-refractivity contribution >= 4 is 26.0 Å². The van der Waals surface area contributed by atoms with Gasteiger partial charge in [-0.25, -0.2) is 0 Å². The number of methoxy groups -OCH3 is 2. The average Bonchev–Trinajstić information content (AvgIpc) is 2.68. The Labute approximate surface area is 166 Å². The van der Waals surface area contributed by atoms with E-state index < -0.39 is 10.1 Å². The molecule has 27 heavy (non-hydrogen) atoms. The molecular formula is C20H17BrO5S. The Balaban J connectivity index is 2.04. The molecule has 0 amide bonds. The summed E-state index contributed by atoms with van der Waals surface area (Å²) in [6.45, 7) is 0.